The first-order valence-electron chi connectivity index (χ1n) is 9.91. The average Bonchev–Trinajstić information content (AvgIpc) is 3.27. The minimum atomic E-state index is -0.967. The van der Waals surface area contributed by atoms with E-state index >= 15 is 0 Å². The summed E-state index contributed by atoms with van der Waals surface area (Å²) in [4.78, 5) is 43.5. The van der Waals surface area contributed by atoms with E-state index in [4.69, 9.17) is 4.74 Å². The molecule has 0 radical (unpaired) electrons. The summed E-state index contributed by atoms with van der Waals surface area (Å²) >= 11 is 4.70. The van der Waals surface area contributed by atoms with Gasteiger partial charge in [-0.3, -0.25) is 19.3 Å². The third-order valence-corrected chi connectivity index (χ3v) is 6.20. The monoisotopic (exact) mass is 493 g/mol. The van der Waals surface area contributed by atoms with Crippen molar-refractivity contribution in [2.75, 3.05) is 11.4 Å². The Morgan fingerprint density at radius 3 is 2.73 bits per heavy atom. The molecule has 0 saturated heterocycles. The number of carbonyl (C=O) groups is 3. The fourth-order valence-electron chi connectivity index (χ4n) is 3.47. The Kier molecular flexibility index (Phi) is 7.98. The van der Waals surface area contributed by atoms with Crippen LogP contribution in [0.2, 0.25) is 0 Å². The largest absolute Gasteiger partial charge is 0.451 e. The summed E-state index contributed by atoms with van der Waals surface area (Å²) in [6.45, 7) is 1.24. The standard InChI is InChI=1S/C21H24BrN3O4S/c1-14(29-18(26)13-24-19(27)15-6-5-7-16(22)12-15)20(28)25(21-23-10-11-30-21)17-8-3-2-4-9-17/h5-7,10-12,14,17H,2-4,8-9,13H2,1H3,(H,24,27). The van der Waals surface area contributed by atoms with Crippen molar-refractivity contribution in [2.24, 2.45) is 0 Å². The summed E-state index contributed by atoms with van der Waals surface area (Å²) in [5.74, 6) is -1.34. The van der Waals surface area contributed by atoms with Crippen LogP contribution in [0, 0.1) is 0 Å². The Morgan fingerprint density at radius 2 is 2.07 bits per heavy atom. The number of thiazole rings is 1. The molecule has 7 nitrogen and oxygen atoms in total. The molecule has 3 rings (SSSR count). The molecule has 1 unspecified atom stereocenters. The molecule has 1 aromatic carbocycles. The van der Waals surface area contributed by atoms with Crippen molar-refractivity contribution in [3.8, 4) is 0 Å². The first-order valence-corrected chi connectivity index (χ1v) is 11.6. The third-order valence-electron chi connectivity index (χ3n) is 4.94. The second kappa shape index (κ2) is 10.7. The van der Waals surface area contributed by atoms with E-state index in [1.54, 1.807) is 42.3 Å². The van der Waals surface area contributed by atoms with Gasteiger partial charge >= 0.3 is 5.97 Å². The van der Waals surface area contributed by atoms with Crippen LogP contribution in [0.3, 0.4) is 0 Å². The van der Waals surface area contributed by atoms with Gasteiger partial charge in [-0.15, -0.1) is 11.3 Å². The van der Waals surface area contributed by atoms with Crippen LogP contribution in [0.1, 0.15) is 49.4 Å². The predicted molar refractivity (Wildman–Crippen MR) is 119 cm³/mol. The van der Waals surface area contributed by atoms with Gasteiger partial charge in [0.1, 0.15) is 6.54 Å². The molecule has 0 bridgehead atoms. The summed E-state index contributed by atoms with van der Waals surface area (Å²) in [6, 6.07) is 6.90. The lowest BCUT2D eigenvalue weighted by Crippen LogP contribution is -2.47. The topological polar surface area (TPSA) is 88.6 Å². The van der Waals surface area contributed by atoms with Crippen molar-refractivity contribution in [1.29, 1.82) is 0 Å². The smallest absolute Gasteiger partial charge is 0.326 e. The van der Waals surface area contributed by atoms with E-state index in [1.165, 1.54) is 17.8 Å². The summed E-state index contributed by atoms with van der Waals surface area (Å²) in [5, 5.41) is 4.97. The zero-order valence-electron chi connectivity index (χ0n) is 16.7. The molecule has 160 valence electrons. The third kappa shape index (κ3) is 5.89. The van der Waals surface area contributed by atoms with Gasteiger partial charge in [0.05, 0.1) is 0 Å². The molecule has 2 aromatic rings. The van der Waals surface area contributed by atoms with Crippen LogP contribution in [0.25, 0.3) is 0 Å². The predicted octanol–water partition coefficient (Wildman–Crippen LogP) is 3.93. The molecule has 1 saturated carbocycles. The van der Waals surface area contributed by atoms with Gasteiger partial charge in [0.2, 0.25) is 0 Å². The molecule has 0 aliphatic heterocycles. The quantitative estimate of drug-likeness (QED) is 0.590. The van der Waals surface area contributed by atoms with Crippen molar-refractivity contribution in [2.45, 2.75) is 51.2 Å². The Morgan fingerprint density at radius 1 is 1.30 bits per heavy atom. The number of rotatable bonds is 7. The second-order valence-corrected chi connectivity index (χ2v) is 8.93. The van der Waals surface area contributed by atoms with Gasteiger partial charge in [-0.1, -0.05) is 41.3 Å². The summed E-state index contributed by atoms with van der Waals surface area (Å²) in [6.07, 6.45) is 5.82. The van der Waals surface area contributed by atoms with Crippen LogP contribution in [-0.4, -0.2) is 41.5 Å². The van der Waals surface area contributed by atoms with Gasteiger partial charge in [0, 0.05) is 27.7 Å². The summed E-state index contributed by atoms with van der Waals surface area (Å²) in [5.41, 5.74) is 0.425. The van der Waals surface area contributed by atoms with Crippen molar-refractivity contribution < 1.29 is 19.1 Å². The molecular formula is C21H24BrN3O4S. The number of ether oxygens (including phenoxy) is 1. The van der Waals surface area contributed by atoms with Crippen LogP contribution >= 0.6 is 27.3 Å². The number of amides is 2. The van der Waals surface area contributed by atoms with E-state index in [-0.39, 0.29) is 24.4 Å². The molecule has 1 atom stereocenters. The number of carbonyl (C=O) groups excluding carboxylic acids is 3. The highest BCUT2D eigenvalue weighted by atomic mass is 79.9. The number of anilines is 1. The van der Waals surface area contributed by atoms with Gasteiger partial charge in [0.25, 0.3) is 11.8 Å². The van der Waals surface area contributed by atoms with Crippen LogP contribution in [0.4, 0.5) is 5.13 Å². The molecule has 1 aliphatic carbocycles. The molecule has 1 N–H and O–H groups in total. The zero-order chi connectivity index (χ0) is 21.5. The lowest BCUT2D eigenvalue weighted by Gasteiger charge is -2.33. The maximum atomic E-state index is 13.1. The number of halogens is 1. The van der Waals surface area contributed by atoms with E-state index < -0.39 is 12.1 Å². The number of hydrogen-bond acceptors (Lipinski definition) is 6. The fraction of sp³-hybridized carbons (Fsp3) is 0.429. The normalized spacial score (nSPS) is 15.3. The molecule has 2 amide bonds. The first kappa shape index (κ1) is 22.4. The van der Waals surface area contributed by atoms with Crippen LogP contribution in [-0.2, 0) is 14.3 Å². The van der Waals surface area contributed by atoms with E-state index in [0.29, 0.717) is 10.7 Å². The molecule has 0 spiro atoms. The first-order chi connectivity index (χ1) is 14.5. The average molecular weight is 494 g/mol. The van der Waals surface area contributed by atoms with Crippen LogP contribution in [0.15, 0.2) is 40.3 Å². The Hall–Kier alpha value is -2.26. The van der Waals surface area contributed by atoms with Crippen LogP contribution in [0.5, 0.6) is 0 Å². The van der Waals surface area contributed by atoms with E-state index in [2.05, 4.69) is 26.2 Å². The minimum absolute atomic E-state index is 0.0646. The lowest BCUT2D eigenvalue weighted by molar-refractivity contribution is -0.153. The van der Waals surface area contributed by atoms with Gasteiger partial charge in [0.15, 0.2) is 11.2 Å². The fourth-order valence-corrected chi connectivity index (χ4v) is 4.59. The lowest BCUT2D eigenvalue weighted by atomic mass is 9.94. The highest BCUT2D eigenvalue weighted by Gasteiger charge is 2.33. The van der Waals surface area contributed by atoms with E-state index in [1.807, 2.05) is 5.38 Å². The molecule has 1 fully saturated rings. The highest BCUT2D eigenvalue weighted by molar-refractivity contribution is 9.10. The SMILES string of the molecule is CC(OC(=O)CNC(=O)c1cccc(Br)c1)C(=O)N(c1nccs1)C1CCCCC1. The molecule has 1 aliphatic rings. The number of aromatic nitrogens is 1. The maximum absolute atomic E-state index is 13.1. The van der Waals surface area contributed by atoms with Crippen molar-refractivity contribution in [1.82, 2.24) is 10.3 Å². The van der Waals surface area contributed by atoms with Crippen molar-refractivity contribution in [3.05, 3.63) is 45.9 Å². The van der Waals surface area contributed by atoms with Crippen molar-refractivity contribution in [3.63, 3.8) is 0 Å². The van der Waals surface area contributed by atoms with Crippen LogP contribution < -0.4 is 10.2 Å². The Labute approximate surface area is 187 Å². The van der Waals surface area contributed by atoms with Gasteiger partial charge < -0.3 is 10.1 Å². The highest BCUT2D eigenvalue weighted by Crippen LogP contribution is 2.29. The molecule has 9 heteroatoms. The van der Waals surface area contributed by atoms with Gasteiger partial charge in [-0.05, 0) is 38.0 Å². The molecule has 1 heterocycles. The van der Waals surface area contributed by atoms with Crippen molar-refractivity contribution >= 4 is 50.2 Å². The van der Waals surface area contributed by atoms with Gasteiger partial charge in [-0.2, -0.15) is 0 Å². The zero-order valence-corrected chi connectivity index (χ0v) is 19.1. The Bertz CT molecular complexity index is 884. The second-order valence-electron chi connectivity index (χ2n) is 7.14. The number of nitrogens with one attached hydrogen (secondary N) is 1. The minimum Gasteiger partial charge on any atom is -0.451 e. The maximum Gasteiger partial charge on any atom is 0.326 e. The van der Waals surface area contributed by atoms with E-state index in [9.17, 15) is 14.4 Å². The molecule has 30 heavy (non-hydrogen) atoms. The van der Waals surface area contributed by atoms with Gasteiger partial charge in [-0.25, -0.2) is 4.98 Å². The molecular weight excluding hydrogens is 470 g/mol. The number of benzene rings is 1. The summed E-state index contributed by atoms with van der Waals surface area (Å²) in [7, 11) is 0. The number of nitrogens with zero attached hydrogens (tertiary/aromatic N) is 2. The molecule has 1 aromatic heterocycles. The number of hydrogen-bond donors (Lipinski definition) is 1. The Balaban J connectivity index is 1.57. The van der Waals surface area contributed by atoms with E-state index in [0.717, 1.165) is 30.2 Å². The summed E-state index contributed by atoms with van der Waals surface area (Å²) < 4.78 is 6.08. The number of esters is 1.